The Bertz CT molecular complexity index is 2540. The second-order valence-corrected chi connectivity index (χ2v) is 12.4. The summed E-state index contributed by atoms with van der Waals surface area (Å²) in [6.45, 7) is 5.42. The predicted molar refractivity (Wildman–Crippen MR) is 220 cm³/mol. The first-order valence-electron chi connectivity index (χ1n) is 17.5. The monoisotopic (exact) mass is 680 g/mol. The molecular weight excluding hydrogens is 645 g/mol. The van der Waals surface area contributed by atoms with Crippen molar-refractivity contribution in [2.24, 2.45) is 0 Å². The molecule has 0 unspecified atom stereocenters. The zero-order valence-corrected chi connectivity index (χ0v) is 29.4. The van der Waals surface area contributed by atoms with Crippen molar-refractivity contribution < 1.29 is 0 Å². The third-order valence-corrected chi connectivity index (χ3v) is 8.79. The fraction of sp³-hybridized carbons (Fsp3) is 0.0204. The van der Waals surface area contributed by atoms with Gasteiger partial charge < -0.3 is 0 Å². The number of benzene rings is 6. The molecule has 0 fully saturated rings. The zero-order chi connectivity index (χ0) is 36.4. The Balaban J connectivity index is 0.000000817. The van der Waals surface area contributed by atoms with Crippen LogP contribution in [0.25, 0.3) is 78.3 Å². The van der Waals surface area contributed by atoms with Crippen LogP contribution in [-0.4, -0.2) is 15.0 Å². The molecule has 0 aliphatic carbocycles. The summed E-state index contributed by atoms with van der Waals surface area (Å²) in [7, 11) is 0. The Labute approximate surface area is 310 Å². The van der Waals surface area contributed by atoms with Crippen LogP contribution in [-0.2, 0) is 0 Å². The van der Waals surface area contributed by atoms with Crippen molar-refractivity contribution in [2.75, 3.05) is 0 Å². The van der Waals surface area contributed by atoms with Crippen LogP contribution < -0.4 is 0 Å². The van der Waals surface area contributed by atoms with Crippen molar-refractivity contribution in [3.63, 3.8) is 0 Å². The van der Waals surface area contributed by atoms with E-state index >= 15 is 0 Å². The molecule has 2 aromatic heterocycles. The highest BCUT2D eigenvalue weighted by Gasteiger charge is 2.15. The summed E-state index contributed by atoms with van der Waals surface area (Å²) in [5.74, 6) is 0. The topological polar surface area (TPSA) is 62.5 Å². The lowest BCUT2D eigenvalue weighted by atomic mass is 9.96. The second-order valence-electron chi connectivity index (χ2n) is 12.4. The molecule has 8 rings (SSSR count). The first-order valence-corrected chi connectivity index (χ1v) is 17.5. The van der Waals surface area contributed by atoms with Crippen LogP contribution in [0.2, 0.25) is 0 Å². The average molecular weight is 681 g/mol. The van der Waals surface area contributed by atoms with Gasteiger partial charge in [-0.15, -0.1) is 0 Å². The van der Waals surface area contributed by atoms with E-state index in [0.29, 0.717) is 5.56 Å². The van der Waals surface area contributed by atoms with Crippen LogP contribution >= 0.6 is 0 Å². The van der Waals surface area contributed by atoms with E-state index in [1.54, 1.807) is 12.1 Å². The Kier molecular flexibility index (Phi) is 10.5. The molecular formula is C49H36N4. The van der Waals surface area contributed by atoms with Crippen LogP contribution in [0.4, 0.5) is 0 Å². The van der Waals surface area contributed by atoms with E-state index in [-0.39, 0.29) is 0 Å². The lowest BCUT2D eigenvalue weighted by Crippen LogP contribution is -1.96. The van der Waals surface area contributed by atoms with E-state index < -0.39 is 0 Å². The van der Waals surface area contributed by atoms with Gasteiger partial charge in [-0.2, -0.15) is 5.26 Å². The van der Waals surface area contributed by atoms with Gasteiger partial charge in [0.05, 0.1) is 45.4 Å². The summed E-state index contributed by atoms with van der Waals surface area (Å²) in [5, 5.41) is 9.59. The second kappa shape index (κ2) is 16.2. The minimum atomic E-state index is 0.583. The van der Waals surface area contributed by atoms with Crippen molar-refractivity contribution in [2.45, 2.75) is 6.92 Å². The van der Waals surface area contributed by atoms with Gasteiger partial charge in [-0.1, -0.05) is 146 Å². The number of fused-ring (bicyclic) bond motifs is 1. The van der Waals surface area contributed by atoms with Crippen LogP contribution in [0.1, 0.15) is 12.5 Å². The number of hydrogen-bond donors (Lipinski definition) is 0. The Hall–Kier alpha value is -7.22. The molecule has 252 valence electrons. The highest BCUT2D eigenvalue weighted by Crippen LogP contribution is 2.36. The van der Waals surface area contributed by atoms with Crippen LogP contribution in [0.5, 0.6) is 0 Å². The Morgan fingerprint density at radius 1 is 0.453 bits per heavy atom. The molecule has 0 aliphatic heterocycles. The number of rotatable bonds is 7. The molecule has 4 heteroatoms. The normalized spacial score (nSPS) is 10.7. The van der Waals surface area contributed by atoms with Gasteiger partial charge in [0.25, 0.3) is 0 Å². The van der Waals surface area contributed by atoms with Crippen LogP contribution in [0, 0.1) is 11.3 Å². The summed E-state index contributed by atoms with van der Waals surface area (Å²) in [6, 6.07) is 59.7. The van der Waals surface area contributed by atoms with E-state index in [1.807, 2.05) is 85.8 Å². The van der Waals surface area contributed by atoms with Crippen LogP contribution in [0.3, 0.4) is 0 Å². The minimum absolute atomic E-state index is 0.583. The number of aromatic nitrogens is 3. The van der Waals surface area contributed by atoms with E-state index in [4.69, 9.17) is 15.0 Å². The molecule has 53 heavy (non-hydrogen) atoms. The molecule has 4 nitrogen and oxygen atoms in total. The third kappa shape index (κ3) is 7.91. The number of nitriles is 1. The van der Waals surface area contributed by atoms with Crippen molar-refractivity contribution in [1.29, 1.82) is 5.26 Å². The maximum Gasteiger partial charge on any atom is 0.0991 e. The van der Waals surface area contributed by atoms with Gasteiger partial charge in [-0.3, -0.25) is 0 Å². The number of nitrogens with zero attached hydrogens (tertiary/aromatic N) is 4. The van der Waals surface area contributed by atoms with Gasteiger partial charge in [0, 0.05) is 22.3 Å². The number of allylic oxidation sites excluding steroid dienone is 3. The molecule has 8 aromatic rings. The van der Waals surface area contributed by atoms with Crippen molar-refractivity contribution in [1.82, 2.24) is 15.0 Å². The lowest BCUT2D eigenvalue weighted by Gasteiger charge is -2.13. The highest BCUT2D eigenvalue weighted by atomic mass is 14.8. The molecule has 0 N–H and O–H groups in total. The van der Waals surface area contributed by atoms with Gasteiger partial charge >= 0.3 is 0 Å². The molecule has 6 aromatic carbocycles. The quantitative estimate of drug-likeness (QED) is 0.157. The fourth-order valence-electron chi connectivity index (χ4n) is 6.21. The van der Waals surface area contributed by atoms with E-state index in [1.165, 1.54) is 0 Å². The smallest absolute Gasteiger partial charge is 0.0991 e. The molecule has 0 bridgehead atoms. The largest absolute Gasteiger partial charge is 0.248 e. The predicted octanol–water partition coefficient (Wildman–Crippen LogP) is 12.6. The van der Waals surface area contributed by atoms with Gasteiger partial charge in [-0.05, 0) is 77.7 Å². The van der Waals surface area contributed by atoms with Crippen LogP contribution in [0.15, 0.2) is 195 Å². The highest BCUT2D eigenvalue weighted by molar-refractivity contribution is 5.88. The molecule has 2 heterocycles. The molecule has 0 spiro atoms. The summed E-state index contributed by atoms with van der Waals surface area (Å²) >= 11 is 0. The molecule has 0 atom stereocenters. The molecule has 0 aliphatic rings. The summed E-state index contributed by atoms with van der Waals surface area (Å²) in [6.07, 6.45) is 5.58. The van der Waals surface area contributed by atoms with Gasteiger partial charge in [0.15, 0.2) is 0 Å². The van der Waals surface area contributed by atoms with Crippen molar-refractivity contribution in [3.8, 4) is 73.4 Å². The van der Waals surface area contributed by atoms with Gasteiger partial charge in [-0.25, -0.2) is 15.0 Å². The van der Waals surface area contributed by atoms with Crippen molar-refractivity contribution >= 4 is 11.0 Å². The number of pyridine rings is 1. The molecule has 0 saturated carbocycles. The van der Waals surface area contributed by atoms with E-state index in [9.17, 15) is 5.26 Å². The molecule has 0 amide bonds. The standard InChI is InChI=1S/C44H28N4.C5H8/c45-29-30-12-9-20-36(24-30)43-44(48-40-23-8-7-22-39(40)47-43)37-21-11-18-34(26-37)33-17-10-19-35(25-33)42-28-38(31-13-3-1-4-14-31)27-41(46-42)32-15-5-2-6-16-32;1-3-5-4-2/h1-28H;3-5H,1H2,2H3/b;5-4-. The first kappa shape index (κ1) is 34.2. The summed E-state index contributed by atoms with van der Waals surface area (Å²) in [4.78, 5) is 15.3. The molecule has 0 saturated heterocycles. The molecule has 0 radical (unpaired) electrons. The SMILES string of the molecule is C=C/C=C\C.N#Cc1cccc(-c2nc3ccccc3nc2-c2cccc(-c3cccc(-c4cc(-c5ccccc5)cc(-c5ccccc5)n4)c3)c2)c1. The van der Waals surface area contributed by atoms with E-state index in [0.717, 1.165) is 78.3 Å². The third-order valence-electron chi connectivity index (χ3n) is 8.79. The maximum atomic E-state index is 9.59. The van der Waals surface area contributed by atoms with Crippen molar-refractivity contribution in [3.05, 3.63) is 200 Å². The number of hydrogen-bond acceptors (Lipinski definition) is 4. The Morgan fingerprint density at radius 2 is 0.925 bits per heavy atom. The summed E-state index contributed by atoms with van der Waals surface area (Å²) in [5.41, 5.74) is 13.9. The average Bonchev–Trinajstić information content (AvgIpc) is 3.24. The van der Waals surface area contributed by atoms with Gasteiger partial charge in [0.1, 0.15) is 0 Å². The Morgan fingerprint density at radius 3 is 1.49 bits per heavy atom. The minimum Gasteiger partial charge on any atom is -0.248 e. The summed E-state index contributed by atoms with van der Waals surface area (Å²) < 4.78 is 0. The maximum absolute atomic E-state index is 9.59. The lowest BCUT2D eigenvalue weighted by molar-refractivity contribution is 1.29. The van der Waals surface area contributed by atoms with E-state index in [2.05, 4.69) is 110 Å². The zero-order valence-electron chi connectivity index (χ0n) is 29.4. The first-order chi connectivity index (χ1) is 26.1. The fourth-order valence-corrected chi connectivity index (χ4v) is 6.21. The van der Waals surface area contributed by atoms with Gasteiger partial charge in [0.2, 0.25) is 0 Å². The number of para-hydroxylation sites is 2.